The Morgan fingerprint density at radius 3 is 2.63 bits per heavy atom. The second kappa shape index (κ2) is 8.56. The molecule has 6 nitrogen and oxygen atoms in total. The number of amides is 1. The minimum atomic E-state index is 0.0473. The zero-order valence-electron chi connectivity index (χ0n) is 17.3. The molecule has 6 heteroatoms. The zero-order chi connectivity index (χ0) is 20.3. The van der Waals surface area contributed by atoms with Crippen molar-refractivity contribution in [3.63, 3.8) is 0 Å². The average molecular weight is 408 g/mol. The molecule has 0 saturated carbocycles. The Labute approximate surface area is 177 Å². The molecule has 3 aliphatic heterocycles. The first kappa shape index (κ1) is 19.2. The molecular formula is C24H29N3O3. The molecule has 30 heavy (non-hydrogen) atoms. The van der Waals surface area contributed by atoms with Crippen LogP contribution in [0.2, 0.25) is 0 Å². The van der Waals surface area contributed by atoms with Crippen LogP contribution in [0.4, 0.5) is 11.4 Å². The first-order valence-electron chi connectivity index (χ1n) is 11.1. The predicted octanol–water partition coefficient (Wildman–Crippen LogP) is 3.83. The van der Waals surface area contributed by atoms with Crippen LogP contribution in [0.1, 0.15) is 37.3 Å². The number of ether oxygens (including phenoxy) is 2. The number of anilines is 2. The minimum Gasteiger partial charge on any atom is -0.486 e. The van der Waals surface area contributed by atoms with E-state index in [1.54, 1.807) is 0 Å². The van der Waals surface area contributed by atoms with Crippen molar-refractivity contribution in [3.8, 4) is 11.5 Å². The molecule has 0 radical (unpaired) electrons. The number of fused-ring (bicyclic) bond motifs is 1. The fourth-order valence-corrected chi connectivity index (χ4v) is 4.85. The standard InChI is InChI=1S/C24H29N3O3/c28-24(25-19-6-1-2-7-21(19)26-11-3-4-12-26)17-27-13-5-8-20(27)18-9-10-22-23(16-18)30-15-14-29-22/h1-2,6-7,9-10,16,20H,3-5,8,11-15,17H2,(H,25,28)/t20-/m1/s1. The molecule has 2 fully saturated rings. The number of carbonyl (C=O) groups excluding carboxylic acids is 1. The minimum absolute atomic E-state index is 0.0473. The summed E-state index contributed by atoms with van der Waals surface area (Å²) >= 11 is 0. The predicted molar refractivity (Wildman–Crippen MR) is 117 cm³/mol. The molecule has 0 bridgehead atoms. The van der Waals surface area contributed by atoms with E-state index < -0.39 is 0 Å². The van der Waals surface area contributed by atoms with Crippen LogP contribution in [0.5, 0.6) is 11.5 Å². The van der Waals surface area contributed by atoms with E-state index in [4.69, 9.17) is 9.47 Å². The molecule has 2 aromatic carbocycles. The monoisotopic (exact) mass is 407 g/mol. The summed E-state index contributed by atoms with van der Waals surface area (Å²) in [6.45, 7) is 4.63. The van der Waals surface area contributed by atoms with Crippen LogP contribution in [-0.2, 0) is 4.79 Å². The van der Waals surface area contributed by atoms with Gasteiger partial charge < -0.3 is 19.7 Å². The van der Waals surface area contributed by atoms with Crippen LogP contribution in [0.15, 0.2) is 42.5 Å². The van der Waals surface area contributed by atoms with Gasteiger partial charge in [-0.15, -0.1) is 0 Å². The van der Waals surface area contributed by atoms with E-state index in [0.29, 0.717) is 19.8 Å². The van der Waals surface area contributed by atoms with Crippen LogP contribution in [0, 0.1) is 0 Å². The molecule has 2 aromatic rings. The number of nitrogens with zero attached hydrogens (tertiary/aromatic N) is 2. The van der Waals surface area contributed by atoms with E-state index in [9.17, 15) is 4.79 Å². The fourth-order valence-electron chi connectivity index (χ4n) is 4.85. The number of nitrogens with one attached hydrogen (secondary N) is 1. The molecule has 158 valence electrons. The van der Waals surface area contributed by atoms with Crippen LogP contribution in [-0.4, -0.2) is 50.2 Å². The van der Waals surface area contributed by atoms with Gasteiger partial charge in [-0.1, -0.05) is 18.2 Å². The van der Waals surface area contributed by atoms with Crippen LogP contribution < -0.4 is 19.7 Å². The van der Waals surface area contributed by atoms with Crippen molar-refractivity contribution in [2.45, 2.75) is 31.7 Å². The topological polar surface area (TPSA) is 54.0 Å². The number of carbonyl (C=O) groups is 1. The maximum atomic E-state index is 12.9. The number of hydrogen-bond donors (Lipinski definition) is 1. The summed E-state index contributed by atoms with van der Waals surface area (Å²) < 4.78 is 11.4. The van der Waals surface area contributed by atoms with Gasteiger partial charge in [-0.05, 0) is 62.1 Å². The molecule has 1 atom stereocenters. The Kier molecular flexibility index (Phi) is 5.49. The molecule has 2 saturated heterocycles. The highest BCUT2D eigenvalue weighted by Gasteiger charge is 2.29. The molecule has 0 aromatic heterocycles. The fraction of sp³-hybridized carbons (Fsp3) is 0.458. The van der Waals surface area contributed by atoms with Gasteiger partial charge in [-0.3, -0.25) is 9.69 Å². The van der Waals surface area contributed by atoms with E-state index in [1.807, 2.05) is 24.3 Å². The third-order valence-corrected chi connectivity index (χ3v) is 6.29. The molecule has 3 aliphatic rings. The SMILES string of the molecule is O=C(CN1CCC[C@@H]1c1ccc2c(c1)OCCO2)Nc1ccccc1N1CCCC1. The summed E-state index contributed by atoms with van der Waals surface area (Å²) in [5.41, 5.74) is 3.25. The summed E-state index contributed by atoms with van der Waals surface area (Å²) in [6.07, 6.45) is 4.58. The van der Waals surface area contributed by atoms with E-state index >= 15 is 0 Å². The van der Waals surface area contributed by atoms with E-state index in [1.165, 1.54) is 18.4 Å². The van der Waals surface area contributed by atoms with Crippen molar-refractivity contribution in [2.75, 3.05) is 49.6 Å². The summed E-state index contributed by atoms with van der Waals surface area (Å²) in [6, 6.07) is 14.6. The van der Waals surface area contributed by atoms with Crippen LogP contribution >= 0.6 is 0 Å². The lowest BCUT2D eigenvalue weighted by atomic mass is 10.0. The molecular weight excluding hydrogens is 378 g/mol. The Hall–Kier alpha value is -2.73. The molecule has 0 aliphatic carbocycles. The normalized spacial score (nSPS) is 21.1. The lowest BCUT2D eigenvalue weighted by Gasteiger charge is -2.27. The van der Waals surface area contributed by atoms with E-state index in [2.05, 4.69) is 33.3 Å². The second-order valence-electron chi connectivity index (χ2n) is 8.29. The third kappa shape index (κ3) is 3.97. The van der Waals surface area contributed by atoms with Crippen molar-refractivity contribution in [2.24, 2.45) is 0 Å². The first-order valence-corrected chi connectivity index (χ1v) is 11.1. The van der Waals surface area contributed by atoms with Crippen LogP contribution in [0.3, 0.4) is 0 Å². The van der Waals surface area contributed by atoms with Crippen molar-refractivity contribution in [1.82, 2.24) is 4.90 Å². The Bertz CT molecular complexity index is 910. The maximum Gasteiger partial charge on any atom is 0.238 e. The lowest BCUT2D eigenvalue weighted by Crippen LogP contribution is -2.33. The summed E-state index contributed by atoms with van der Waals surface area (Å²) in [5, 5.41) is 3.17. The third-order valence-electron chi connectivity index (χ3n) is 6.29. The van der Waals surface area contributed by atoms with Crippen LogP contribution in [0.25, 0.3) is 0 Å². The van der Waals surface area contributed by atoms with E-state index in [0.717, 1.165) is 55.3 Å². The Morgan fingerprint density at radius 2 is 1.77 bits per heavy atom. The number of hydrogen-bond acceptors (Lipinski definition) is 5. The van der Waals surface area contributed by atoms with Gasteiger partial charge in [0.05, 0.1) is 17.9 Å². The number of para-hydroxylation sites is 2. The van der Waals surface area contributed by atoms with Crippen molar-refractivity contribution >= 4 is 17.3 Å². The second-order valence-corrected chi connectivity index (χ2v) is 8.29. The van der Waals surface area contributed by atoms with Crippen molar-refractivity contribution in [3.05, 3.63) is 48.0 Å². The lowest BCUT2D eigenvalue weighted by molar-refractivity contribution is -0.117. The van der Waals surface area contributed by atoms with Gasteiger partial charge in [-0.2, -0.15) is 0 Å². The largest absolute Gasteiger partial charge is 0.486 e. The highest BCUT2D eigenvalue weighted by Crippen LogP contribution is 2.38. The molecule has 1 N–H and O–H groups in total. The van der Waals surface area contributed by atoms with Gasteiger partial charge in [0.15, 0.2) is 11.5 Å². The van der Waals surface area contributed by atoms with E-state index in [-0.39, 0.29) is 11.9 Å². The zero-order valence-corrected chi connectivity index (χ0v) is 17.3. The molecule has 0 spiro atoms. The first-order chi connectivity index (χ1) is 14.8. The van der Waals surface area contributed by atoms with Crippen molar-refractivity contribution in [1.29, 1.82) is 0 Å². The Balaban J connectivity index is 1.27. The van der Waals surface area contributed by atoms with Gasteiger partial charge in [0, 0.05) is 19.1 Å². The molecule has 1 amide bonds. The van der Waals surface area contributed by atoms with Gasteiger partial charge in [0.2, 0.25) is 5.91 Å². The molecule has 0 unspecified atom stereocenters. The average Bonchev–Trinajstić information content (AvgIpc) is 3.46. The number of likely N-dealkylation sites (tertiary alicyclic amines) is 1. The van der Waals surface area contributed by atoms with Gasteiger partial charge >= 0.3 is 0 Å². The highest BCUT2D eigenvalue weighted by atomic mass is 16.6. The van der Waals surface area contributed by atoms with Gasteiger partial charge in [0.1, 0.15) is 13.2 Å². The van der Waals surface area contributed by atoms with Crippen molar-refractivity contribution < 1.29 is 14.3 Å². The number of rotatable bonds is 5. The molecule has 5 rings (SSSR count). The quantitative estimate of drug-likeness (QED) is 0.816. The Morgan fingerprint density at radius 1 is 0.967 bits per heavy atom. The maximum absolute atomic E-state index is 12.9. The van der Waals surface area contributed by atoms with Gasteiger partial charge in [-0.25, -0.2) is 0 Å². The summed E-state index contributed by atoms with van der Waals surface area (Å²) in [7, 11) is 0. The molecule has 3 heterocycles. The van der Waals surface area contributed by atoms with Gasteiger partial charge in [0.25, 0.3) is 0 Å². The summed E-state index contributed by atoms with van der Waals surface area (Å²) in [4.78, 5) is 17.6. The number of benzene rings is 2. The summed E-state index contributed by atoms with van der Waals surface area (Å²) in [5.74, 6) is 1.67. The highest BCUT2D eigenvalue weighted by molar-refractivity contribution is 5.95. The smallest absolute Gasteiger partial charge is 0.238 e.